The molecule has 2 N–H and O–H groups in total. The maximum absolute atomic E-state index is 5.55. The number of hydrogen-bond donors (Lipinski definition) is 2. The van der Waals surface area contributed by atoms with Crippen molar-refractivity contribution in [2.24, 2.45) is 4.99 Å². The zero-order valence-corrected chi connectivity index (χ0v) is 14.6. The molecule has 0 spiro atoms. The van der Waals surface area contributed by atoms with Crippen LogP contribution < -0.4 is 10.6 Å². The lowest BCUT2D eigenvalue weighted by Crippen LogP contribution is -2.37. The van der Waals surface area contributed by atoms with E-state index in [-0.39, 0.29) is 0 Å². The Morgan fingerprint density at radius 2 is 2.04 bits per heavy atom. The Bertz CT molecular complexity index is 897. The topological polar surface area (TPSA) is 93.2 Å². The number of nitrogens with one attached hydrogen (secondary N) is 2. The summed E-state index contributed by atoms with van der Waals surface area (Å²) in [5, 5.41) is 15.0. The zero-order valence-electron chi connectivity index (χ0n) is 14.6. The molecule has 1 aliphatic heterocycles. The number of hydrogen-bond acceptors (Lipinski definition) is 5. The van der Waals surface area contributed by atoms with E-state index >= 15 is 0 Å². The molecule has 134 valence electrons. The fraction of sp³-hybridized carbons (Fsp3) is 0.333. The van der Waals surface area contributed by atoms with Gasteiger partial charge in [-0.25, -0.2) is 4.98 Å². The molecule has 0 radical (unpaired) electrons. The van der Waals surface area contributed by atoms with Crippen LogP contribution in [-0.2, 0) is 26.1 Å². The summed E-state index contributed by atoms with van der Waals surface area (Å²) >= 11 is 0. The van der Waals surface area contributed by atoms with E-state index in [1.807, 2.05) is 30.3 Å². The van der Waals surface area contributed by atoms with Crippen molar-refractivity contribution < 1.29 is 4.42 Å². The van der Waals surface area contributed by atoms with E-state index in [2.05, 4.69) is 35.4 Å². The highest BCUT2D eigenvalue weighted by Crippen LogP contribution is 2.22. The second-order valence-electron chi connectivity index (χ2n) is 6.06. The van der Waals surface area contributed by atoms with Gasteiger partial charge in [-0.15, -0.1) is 10.2 Å². The molecule has 0 bridgehead atoms. The number of aryl methyl sites for hydroxylation is 1. The van der Waals surface area contributed by atoms with Crippen LogP contribution in [-0.4, -0.2) is 32.8 Å². The van der Waals surface area contributed by atoms with E-state index < -0.39 is 0 Å². The Kier molecular flexibility index (Phi) is 4.63. The highest BCUT2D eigenvalue weighted by atomic mass is 16.3. The predicted octanol–water partition coefficient (Wildman–Crippen LogP) is 1.74. The SMILES string of the molecule is CN=C(NCc1ncoc1-c1ccccc1)NCc1nnc2n1CCC2. The quantitative estimate of drug-likeness (QED) is 0.537. The first-order valence-corrected chi connectivity index (χ1v) is 8.68. The lowest BCUT2D eigenvalue weighted by molar-refractivity contribution is 0.570. The van der Waals surface area contributed by atoms with Crippen LogP contribution in [0.2, 0.25) is 0 Å². The number of oxazole rings is 1. The van der Waals surface area contributed by atoms with Crippen LogP contribution >= 0.6 is 0 Å². The van der Waals surface area contributed by atoms with E-state index in [0.29, 0.717) is 19.0 Å². The molecule has 0 atom stereocenters. The number of rotatable bonds is 5. The second kappa shape index (κ2) is 7.38. The third-order valence-corrected chi connectivity index (χ3v) is 4.42. The summed E-state index contributed by atoms with van der Waals surface area (Å²) in [6.07, 6.45) is 3.61. The molecule has 1 aromatic carbocycles. The summed E-state index contributed by atoms with van der Waals surface area (Å²) in [4.78, 5) is 8.58. The number of aromatic nitrogens is 4. The fourth-order valence-corrected chi connectivity index (χ4v) is 3.11. The van der Waals surface area contributed by atoms with Crippen LogP contribution in [0.3, 0.4) is 0 Å². The first-order valence-electron chi connectivity index (χ1n) is 8.68. The normalized spacial score (nSPS) is 13.7. The van der Waals surface area contributed by atoms with Gasteiger partial charge in [0, 0.05) is 25.6 Å². The van der Waals surface area contributed by atoms with Gasteiger partial charge in [0.15, 0.2) is 23.9 Å². The summed E-state index contributed by atoms with van der Waals surface area (Å²) in [5.74, 6) is 3.46. The van der Waals surface area contributed by atoms with E-state index in [4.69, 9.17) is 4.42 Å². The Balaban J connectivity index is 1.37. The molecular formula is C18H21N7O. The van der Waals surface area contributed by atoms with Gasteiger partial charge in [0.1, 0.15) is 11.5 Å². The van der Waals surface area contributed by atoms with Crippen molar-refractivity contribution in [2.45, 2.75) is 32.5 Å². The summed E-state index contributed by atoms with van der Waals surface area (Å²) < 4.78 is 7.72. The first kappa shape index (κ1) is 16.3. The van der Waals surface area contributed by atoms with Gasteiger partial charge in [0.05, 0.1) is 13.1 Å². The molecule has 0 fully saturated rings. The largest absolute Gasteiger partial charge is 0.443 e. The Morgan fingerprint density at radius 3 is 2.88 bits per heavy atom. The summed E-state index contributed by atoms with van der Waals surface area (Å²) in [5.41, 5.74) is 1.84. The van der Waals surface area contributed by atoms with Gasteiger partial charge >= 0.3 is 0 Å². The second-order valence-corrected chi connectivity index (χ2v) is 6.06. The minimum atomic E-state index is 0.512. The average Bonchev–Trinajstić information content (AvgIpc) is 3.40. The van der Waals surface area contributed by atoms with Gasteiger partial charge in [-0.1, -0.05) is 30.3 Å². The molecule has 3 aromatic rings. The molecule has 0 saturated heterocycles. The third kappa shape index (κ3) is 3.30. The molecule has 0 saturated carbocycles. The van der Waals surface area contributed by atoms with Crippen LogP contribution in [0.15, 0.2) is 46.1 Å². The number of fused-ring (bicyclic) bond motifs is 1. The Hall–Kier alpha value is -3.16. The van der Waals surface area contributed by atoms with Gasteiger partial charge in [0.2, 0.25) is 0 Å². The van der Waals surface area contributed by atoms with Crippen molar-refractivity contribution in [3.05, 3.63) is 54.1 Å². The van der Waals surface area contributed by atoms with E-state index in [1.54, 1.807) is 7.05 Å². The molecule has 3 heterocycles. The first-order chi connectivity index (χ1) is 12.8. The molecule has 0 amide bonds. The number of benzene rings is 1. The molecule has 8 nitrogen and oxygen atoms in total. The molecule has 4 rings (SSSR count). The van der Waals surface area contributed by atoms with Gasteiger partial charge in [-0.2, -0.15) is 0 Å². The van der Waals surface area contributed by atoms with Crippen LogP contribution in [0, 0.1) is 0 Å². The molecule has 1 aliphatic rings. The van der Waals surface area contributed by atoms with Gasteiger partial charge in [-0.3, -0.25) is 4.99 Å². The number of nitrogens with zero attached hydrogens (tertiary/aromatic N) is 5. The van der Waals surface area contributed by atoms with Crippen molar-refractivity contribution in [1.82, 2.24) is 30.4 Å². The van der Waals surface area contributed by atoms with E-state index in [0.717, 1.165) is 48.1 Å². The average molecular weight is 351 g/mol. The van der Waals surface area contributed by atoms with Crippen molar-refractivity contribution in [3.63, 3.8) is 0 Å². The lowest BCUT2D eigenvalue weighted by Gasteiger charge is -2.11. The molecule has 0 unspecified atom stereocenters. The summed E-state index contributed by atoms with van der Waals surface area (Å²) in [7, 11) is 1.74. The monoisotopic (exact) mass is 351 g/mol. The third-order valence-electron chi connectivity index (χ3n) is 4.42. The Labute approximate surface area is 151 Å². The number of guanidine groups is 1. The maximum Gasteiger partial charge on any atom is 0.191 e. The molecule has 8 heteroatoms. The van der Waals surface area contributed by atoms with E-state index in [1.165, 1.54) is 6.39 Å². The predicted molar refractivity (Wildman–Crippen MR) is 97.3 cm³/mol. The maximum atomic E-state index is 5.55. The standard InChI is InChI=1S/C18H21N7O/c1-19-18(21-11-16-24-23-15-8-5-9-25(15)16)20-10-14-17(26-12-22-14)13-6-3-2-4-7-13/h2-4,6-7,12H,5,8-11H2,1H3,(H2,19,20,21). The minimum absolute atomic E-state index is 0.512. The molecular weight excluding hydrogens is 330 g/mol. The van der Waals surface area contributed by atoms with Crippen molar-refractivity contribution in [2.75, 3.05) is 7.05 Å². The molecule has 2 aromatic heterocycles. The fourth-order valence-electron chi connectivity index (χ4n) is 3.11. The highest BCUT2D eigenvalue weighted by Gasteiger charge is 2.17. The van der Waals surface area contributed by atoms with Crippen LogP contribution in [0.25, 0.3) is 11.3 Å². The van der Waals surface area contributed by atoms with E-state index in [9.17, 15) is 0 Å². The number of aliphatic imine (C=N–C) groups is 1. The molecule has 0 aliphatic carbocycles. The van der Waals surface area contributed by atoms with Crippen molar-refractivity contribution >= 4 is 5.96 Å². The summed E-state index contributed by atoms with van der Waals surface area (Å²) in [6.45, 7) is 2.08. The van der Waals surface area contributed by atoms with Crippen LogP contribution in [0.1, 0.15) is 23.8 Å². The summed E-state index contributed by atoms with van der Waals surface area (Å²) in [6, 6.07) is 9.94. The zero-order chi connectivity index (χ0) is 17.8. The minimum Gasteiger partial charge on any atom is -0.443 e. The van der Waals surface area contributed by atoms with Gasteiger partial charge < -0.3 is 19.6 Å². The van der Waals surface area contributed by atoms with Crippen LogP contribution in [0.4, 0.5) is 0 Å². The van der Waals surface area contributed by atoms with Gasteiger partial charge in [-0.05, 0) is 6.42 Å². The van der Waals surface area contributed by atoms with Crippen molar-refractivity contribution in [1.29, 1.82) is 0 Å². The van der Waals surface area contributed by atoms with Crippen LogP contribution in [0.5, 0.6) is 0 Å². The molecule has 26 heavy (non-hydrogen) atoms. The Morgan fingerprint density at radius 1 is 1.19 bits per heavy atom. The smallest absolute Gasteiger partial charge is 0.191 e. The van der Waals surface area contributed by atoms with Gasteiger partial charge in [0.25, 0.3) is 0 Å². The highest BCUT2D eigenvalue weighted by molar-refractivity contribution is 5.79. The van der Waals surface area contributed by atoms with Crippen molar-refractivity contribution in [3.8, 4) is 11.3 Å². The lowest BCUT2D eigenvalue weighted by atomic mass is 10.1.